The fraction of sp³-hybridized carbons (Fsp3) is 0.500. The molecule has 66 valence electrons. The number of methoxy groups -OCH3 is 1. The van der Waals surface area contributed by atoms with Gasteiger partial charge in [-0.3, -0.25) is 0 Å². The molecule has 0 aliphatic heterocycles. The molecule has 0 N–H and O–H groups in total. The van der Waals surface area contributed by atoms with Crippen LogP contribution in [-0.2, 0) is 4.74 Å². The third kappa shape index (κ3) is 1.64. The summed E-state index contributed by atoms with van der Waals surface area (Å²) in [7, 11) is 1.37. The van der Waals surface area contributed by atoms with E-state index < -0.39 is 0 Å². The normalized spacial score (nSPS) is 10.3. The maximum Gasteiger partial charge on any atom is 0.357 e. The van der Waals surface area contributed by atoms with Crippen LogP contribution in [-0.4, -0.2) is 18.1 Å². The van der Waals surface area contributed by atoms with E-state index in [1.165, 1.54) is 18.4 Å². The first-order valence-corrected chi connectivity index (χ1v) is 4.56. The summed E-state index contributed by atoms with van der Waals surface area (Å²) < 4.78 is 4.59. The molecule has 0 aromatic carbocycles. The van der Waals surface area contributed by atoms with Gasteiger partial charge in [0.1, 0.15) is 0 Å². The molecule has 1 rings (SSSR count). The molecular formula is C8H11NO2S. The highest BCUT2D eigenvalue weighted by Crippen LogP contribution is 2.23. The van der Waals surface area contributed by atoms with E-state index in [4.69, 9.17) is 0 Å². The largest absolute Gasteiger partial charge is 0.464 e. The molecule has 0 aliphatic carbocycles. The molecule has 0 saturated heterocycles. The summed E-state index contributed by atoms with van der Waals surface area (Å²) in [6.07, 6.45) is 0. The third-order valence-electron chi connectivity index (χ3n) is 1.50. The number of hydrogen-bond donors (Lipinski definition) is 0. The first kappa shape index (κ1) is 9.19. The van der Waals surface area contributed by atoms with Crippen molar-refractivity contribution in [3.8, 4) is 0 Å². The van der Waals surface area contributed by atoms with Crippen molar-refractivity contribution < 1.29 is 9.53 Å². The average Bonchev–Trinajstić information content (AvgIpc) is 2.50. The summed E-state index contributed by atoms with van der Waals surface area (Å²) in [6.45, 7) is 4.06. The highest BCUT2D eigenvalue weighted by Gasteiger charge is 2.16. The van der Waals surface area contributed by atoms with Crippen molar-refractivity contribution >= 4 is 17.3 Å². The van der Waals surface area contributed by atoms with Crippen LogP contribution in [0.2, 0.25) is 0 Å². The molecule has 1 aromatic rings. The quantitative estimate of drug-likeness (QED) is 0.662. The van der Waals surface area contributed by atoms with Gasteiger partial charge in [0.25, 0.3) is 0 Å². The minimum absolute atomic E-state index is 0.326. The molecule has 12 heavy (non-hydrogen) atoms. The van der Waals surface area contributed by atoms with Crippen molar-refractivity contribution in [1.82, 2.24) is 4.98 Å². The first-order chi connectivity index (χ1) is 5.66. The summed E-state index contributed by atoms with van der Waals surface area (Å²) >= 11 is 1.49. The second-order valence-corrected chi connectivity index (χ2v) is 3.60. The second-order valence-electron chi connectivity index (χ2n) is 2.71. The number of aromatic nitrogens is 1. The van der Waals surface area contributed by atoms with E-state index >= 15 is 0 Å². The van der Waals surface area contributed by atoms with Gasteiger partial charge >= 0.3 is 5.97 Å². The van der Waals surface area contributed by atoms with Gasteiger partial charge in [0.15, 0.2) is 5.69 Å². The lowest BCUT2D eigenvalue weighted by atomic mass is 10.1. The average molecular weight is 185 g/mol. The van der Waals surface area contributed by atoms with Gasteiger partial charge in [-0.2, -0.15) is 0 Å². The Kier molecular flexibility index (Phi) is 2.81. The number of rotatable bonds is 2. The van der Waals surface area contributed by atoms with E-state index in [-0.39, 0.29) is 5.97 Å². The molecule has 0 aliphatic rings. The van der Waals surface area contributed by atoms with Crippen molar-refractivity contribution in [3.05, 3.63) is 16.1 Å². The van der Waals surface area contributed by atoms with Crippen LogP contribution in [0.25, 0.3) is 0 Å². The predicted octanol–water partition coefficient (Wildman–Crippen LogP) is 2.05. The Morgan fingerprint density at radius 3 is 2.83 bits per heavy atom. The number of nitrogens with zero attached hydrogens (tertiary/aromatic N) is 1. The zero-order valence-electron chi connectivity index (χ0n) is 7.33. The van der Waals surface area contributed by atoms with Crippen LogP contribution in [0.3, 0.4) is 0 Å². The Labute approximate surface area is 75.4 Å². The molecule has 0 spiro atoms. The van der Waals surface area contributed by atoms with E-state index in [2.05, 4.69) is 9.72 Å². The van der Waals surface area contributed by atoms with Crippen LogP contribution >= 0.6 is 11.3 Å². The van der Waals surface area contributed by atoms with Crippen LogP contribution in [0, 0.1) is 0 Å². The summed E-state index contributed by atoms with van der Waals surface area (Å²) in [5, 5.41) is 0. The minimum atomic E-state index is -0.347. The lowest BCUT2D eigenvalue weighted by molar-refractivity contribution is 0.0593. The number of hydrogen-bond acceptors (Lipinski definition) is 4. The third-order valence-corrected chi connectivity index (χ3v) is 2.63. The zero-order valence-corrected chi connectivity index (χ0v) is 8.14. The molecule has 4 heteroatoms. The Morgan fingerprint density at radius 1 is 1.67 bits per heavy atom. The number of thiazole rings is 1. The molecule has 0 bridgehead atoms. The topological polar surface area (TPSA) is 39.2 Å². The molecule has 0 saturated carbocycles. The van der Waals surface area contributed by atoms with Crippen molar-refractivity contribution in [2.24, 2.45) is 0 Å². The Hall–Kier alpha value is -0.900. The van der Waals surface area contributed by atoms with E-state index in [0.29, 0.717) is 11.6 Å². The maximum absolute atomic E-state index is 11.1. The highest BCUT2D eigenvalue weighted by atomic mass is 32.1. The lowest BCUT2D eigenvalue weighted by Crippen LogP contribution is -2.05. The van der Waals surface area contributed by atoms with Crippen LogP contribution in [0.15, 0.2) is 5.51 Å². The summed E-state index contributed by atoms with van der Waals surface area (Å²) in [5.74, 6) is -0.0217. The summed E-state index contributed by atoms with van der Waals surface area (Å²) in [6, 6.07) is 0. The molecule has 1 heterocycles. The lowest BCUT2D eigenvalue weighted by Gasteiger charge is -2.02. The van der Waals surface area contributed by atoms with Crippen LogP contribution in [0.1, 0.15) is 35.1 Å². The fourth-order valence-electron chi connectivity index (χ4n) is 0.915. The maximum atomic E-state index is 11.1. The molecule has 0 amide bonds. The van der Waals surface area contributed by atoms with Gasteiger partial charge < -0.3 is 4.74 Å². The molecular weight excluding hydrogens is 174 g/mol. The first-order valence-electron chi connectivity index (χ1n) is 3.68. The van der Waals surface area contributed by atoms with Gasteiger partial charge in [-0.1, -0.05) is 13.8 Å². The summed E-state index contributed by atoms with van der Waals surface area (Å²) in [4.78, 5) is 16.1. The number of ether oxygens (including phenoxy) is 1. The van der Waals surface area contributed by atoms with Crippen molar-refractivity contribution in [1.29, 1.82) is 0 Å². The molecule has 0 atom stereocenters. The van der Waals surface area contributed by atoms with Crippen molar-refractivity contribution in [2.45, 2.75) is 19.8 Å². The fourth-order valence-corrected chi connectivity index (χ4v) is 1.71. The van der Waals surface area contributed by atoms with Gasteiger partial charge in [-0.15, -0.1) is 11.3 Å². The monoisotopic (exact) mass is 185 g/mol. The SMILES string of the molecule is COC(=O)c1ncsc1C(C)C. The Morgan fingerprint density at radius 2 is 2.33 bits per heavy atom. The predicted molar refractivity (Wildman–Crippen MR) is 47.5 cm³/mol. The van der Waals surface area contributed by atoms with Crippen molar-refractivity contribution in [3.63, 3.8) is 0 Å². The second kappa shape index (κ2) is 3.67. The molecule has 0 unspecified atom stereocenters. The van der Waals surface area contributed by atoms with Gasteiger partial charge in [-0.05, 0) is 5.92 Å². The number of carbonyl (C=O) groups is 1. The van der Waals surface area contributed by atoms with E-state index in [9.17, 15) is 4.79 Å². The van der Waals surface area contributed by atoms with Gasteiger partial charge in [0.05, 0.1) is 12.6 Å². The van der Waals surface area contributed by atoms with Crippen LogP contribution < -0.4 is 0 Å². The molecule has 3 nitrogen and oxygen atoms in total. The molecule has 0 radical (unpaired) electrons. The van der Waals surface area contributed by atoms with E-state index in [0.717, 1.165) is 4.88 Å². The van der Waals surface area contributed by atoms with E-state index in [1.54, 1.807) is 5.51 Å². The summed E-state index contributed by atoms with van der Waals surface area (Å²) in [5.41, 5.74) is 2.12. The molecule has 1 aromatic heterocycles. The van der Waals surface area contributed by atoms with Gasteiger partial charge in [0.2, 0.25) is 0 Å². The number of esters is 1. The number of carbonyl (C=O) groups excluding carboxylic acids is 1. The Bertz CT molecular complexity index is 280. The molecule has 0 fully saturated rings. The highest BCUT2D eigenvalue weighted by molar-refractivity contribution is 7.10. The zero-order chi connectivity index (χ0) is 9.14. The Balaban J connectivity index is 2.99. The van der Waals surface area contributed by atoms with Gasteiger partial charge in [-0.25, -0.2) is 9.78 Å². The van der Waals surface area contributed by atoms with Crippen LogP contribution in [0.4, 0.5) is 0 Å². The van der Waals surface area contributed by atoms with Crippen LogP contribution in [0.5, 0.6) is 0 Å². The standard InChI is InChI=1S/C8H11NO2S/c1-5(2)7-6(8(10)11-3)9-4-12-7/h4-5H,1-3H3. The smallest absolute Gasteiger partial charge is 0.357 e. The van der Waals surface area contributed by atoms with E-state index in [1.807, 2.05) is 13.8 Å². The van der Waals surface area contributed by atoms with Crippen molar-refractivity contribution in [2.75, 3.05) is 7.11 Å². The van der Waals surface area contributed by atoms with Gasteiger partial charge in [0, 0.05) is 4.88 Å². The minimum Gasteiger partial charge on any atom is -0.464 e.